The zero-order valence-electron chi connectivity index (χ0n) is 20.0. The number of nitrogens with zero attached hydrogens (tertiary/aromatic N) is 5. The molecule has 3 rings (SSSR count). The third kappa shape index (κ3) is 6.30. The minimum absolute atomic E-state index is 0.0721. The maximum atomic E-state index is 13.9. The number of halogens is 2. The number of pyridine rings is 1. The molecule has 1 fully saturated rings. The van der Waals surface area contributed by atoms with Crippen molar-refractivity contribution in [2.45, 2.75) is 64.6 Å². The summed E-state index contributed by atoms with van der Waals surface area (Å²) >= 11 is 0. The fourth-order valence-electron chi connectivity index (χ4n) is 4.00. The molecule has 0 unspecified atom stereocenters. The third-order valence-corrected chi connectivity index (χ3v) is 6.06. The summed E-state index contributed by atoms with van der Waals surface area (Å²) in [7, 11) is 3.31. The van der Waals surface area contributed by atoms with Gasteiger partial charge in [-0.1, -0.05) is 24.6 Å². The van der Waals surface area contributed by atoms with Crippen LogP contribution in [0.15, 0.2) is 24.8 Å². The normalized spacial score (nSPS) is 18.1. The summed E-state index contributed by atoms with van der Waals surface area (Å²) in [6.07, 6.45) is 3.83. The molecule has 1 aliphatic carbocycles. The Hall–Kier alpha value is -3.04. The SMILES string of the molecule is C=C[C@H]1CCC[C@H](Oc2ccc(-c3nnn(C)c3COC(=O)N(C)CCCC)nc2C(F)F)C1. The highest BCUT2D eigenvalue weighted by Crippen LogP contribution is 2.34. The third-order valence-electron chi connectivity index (χ3n) is 6.06. The van der Waals surface area contributed by atoms with E-state index in [2.05, 4.69) is 21.9 Å². The molecule has 10 heteroatoms. The molecule has 1 amide bonds. The van der Waals surface area contributed by atoms with Gasteiger partial charge in [0.25, 0.3) is 6.43 Å². The first-order valence-electron chi connectivity index (χ1n) is 11.7. The molecule has 2 aromatic rings. The highest BCUT2D eigenvalue weighted by Gasteiger charge is 2.26. The second-order valence-corrected chi connectivity index (χ2v) is 8.62. The van der Waals surface area contributed by atoms with E-state index in [1.165, 1.54) is 15.6 Å². The second-order valence-electron chi connectivity index (χ2n) is 8.62. The monoisotopic (exact) mass is 477 g/mol. The van der Waals surface area contributed by atoms with Crippen LogP contribution in [0.4, 0.5) is 13.6 Å². The molecular formula is C24H33F2N5O3. The number of hydrogen-bond acceptors (Lipinski definition) is 6. The van der Waals surface area contributed by atoms with E-state index in [1.54, 1.807) is 20.2 Å². The van der Waals surface area contributed by atoms with Gasteiger partial charge in [-0.05, 0) is 50.2 Å². The van der Waals surface area contributed by atoms with Crippen molar-refractivity contribution >= 4 is 6.09 Å². The maximum Gasteiger partial charge on any atom is 0.409 e. The first-order valence-corrected chi connectivity index (χ1v) is 11.7. The van der Waals surface area contributed by atoms with E-state index in [9.17, 15) is 13.6 Å². The topological polar surface area (TPSA) is 82.4 Å². The van der Waals surface area contributed by atoms with Crippen LogP contribution >= 0.6 is 0 Å². The Labute approximate surface area is 198 Å². The minimum atomic E-state index is -2.82. The molecule has 2 heterocycles. The van der Waals surface area contributed by atoms with Crippen molar-refractivity contribution in [2.75, 3.05) is 13.6 Å². The lowest BCUT2D eigenvalue weighted by molar-refractivity contribution is 0.102. The van der Waals surface area contributed by atoms with Crippen LogP contribution in [0.3, 0.4) is 0 Å². The van der Waals surface area contributed by atoms with Crippen molar-refractivity contribution in [1.29, 1.82) is 0 Å². The molecule has 2 aromatic heterocycles. The number of unbranched alkanes of at least 4 members (excludes halogenated alkanes) is 1. The summed E-state index contributed by atoms with van der Waals surface area (Å²) in [5, 5.41) is 8.04. The molecular weight excluding hydrogens is 444 g/mol. The zero-order chi connectivity index (χ0) is 24.7. The molecule has 0 bridgehead atoms. The van der Waals surface area contributed by atoms with Crippen LogP contribution < -0.4 is 4.74 Å². The number of alkyl halides is 2. The van der Waals surface area contributed by atoms with E-state index in [0.29, 0.717) is 18.2 Å². The van der Waals surface area contributed by atoms with Crippen molar-refractivity contribution in [3.05, 3.63) is 36.2 Å². The average molecular weight is 478 g/mol. The quantitative estimate of drug-likeness (QED) is 0.432. The number of aromatic nitrogens is 4. The van der Waals surface area contributed by atoms with Crippen molar-refractivity contribution in [3.63, 3.8) is 0 Å². The Morgan fingerprint density at radius 2 is 2.18 bits per heavy atom. The Bertz CT molecular complexity index is 982. The fourth-order valence-corrected chi connectivity index (χ4v) is 4.00. The summed E-state index contributed by atoms with van der Waals surface area (Å²) in [6.45, 7) is 6.35. The van der Waals surface area contributed by atoms with Crippen LogP contribution in [0.1, 0.15) is 63.3 Å². The van der Waals surface area contributed by atoms with Crippen molar-refractivity contribution in [2.24, 2.45) is 13.0 Å². The lowest BCUT2D eigenvalue weighted by atomic mass is 9.87. The van der Waals surface area contributed by atoms with Crippen molar-refractivity contribution < 1.29 is 23.0 Å². The number of amides is 1. The molecule has 1 aliphatic rings. The summed E-state index contributed by atoms with van der Waals surface area (Å²) in [4.78, 5) is 17.9. The predicted octanol–water partition coefficient (Wildman–Crippen LogP) is 5.31. The largest absolute Gasteiger partial charge is 0.488 e. The van der Waals surface area contributed by atoms with E-state index >= 15 is 0 Å². The first kappa shape index (κ1) is 25.6. The molecule has 1 saturated carbocycles. The van der Waals surface area contributed by atoms with E-state index in [-0.39, 0.29) is 29.8 Å². The number of aryl methyl sites for hydroxylation is 1. The van der Waals surface area contributed by atoms with Gasteiger partial charge in [-0.25, -0.2) is 23.2 Å². The molecule has 0 aliphatic heterocycles. The number of carbonyl (C=O) groups is 1. The molecule has 8 nitrogen and oxygen atoms in total. The van der Waals surface area contributed by atoms with Crippen LogP contribution in [0, 0.1) is 5.92 Å². The van der Waals surface area contributed by atoms with E-state index in [0.717, 1.165) is 38.5 Å². The number of rotatable bonds is 10. The average Bonchev–Trinajstić information content (AvgIpc) is 3.21. The molecule has 0 spiro atoms. The van der Waals surface area contributed by atoms with Crippen LogP contribution in [0.25, 0.3) is 11.4 Å². The molecule has 0 radical (unpaired) electrons. The van der Waals surface area contributed by atoms with E-state index in [4.69, 9.17) is 9.47 Å². The van der Waals surface area contributed by atoms with Gasteiger partial charge in [-0.2, -0.15) is 0 Å². The predicted molar refractivity (Wildman–Crippen MR) is 123 cm³/mol. The number of hydrogen-bond donors (Lipinski definition) is 0. The smallest absolute Gasteiger partial charge is 0.409 e. The molecule has 0 aromatic carbocycles. The Morgan fingerprint density at radius 3 is 2.88 bits per heavy atom. The van der Waals surface area contributed by atoms with Gasteiger partial charge in [0.15, 0.2) is 0 Å². The van der Waals surface area contributed by atoms with Gasteiger partial charge in [0.05, 0.1) is 11.8 Å². The Morgan fingerprint density at radius 1 is 1.38 bits per heavy atom. The zero-order valence-corrected chi connectivity index (χ0v) is 20.0. The summed E-state index contributed by atoms with van der Waals surface area (Å²) in [5.74, 6) is 0.398. The number of carbonyl (C=O) groups excluding carboxylic acids is 1. The Kier molecular flexibility index (Phi) is 8.95. The van der Waals surface area contributed by atoms with E-state index < -0.39 is 18.2 Å². The van der Waals surface area contributed by atoms with Crippen LogP contribution in [0.2, 0.25) is 0 Å². The van der Waals surface area contributed by atoms with Gasteiger partial charge in [0.1, 0.15) is 29.4 Å². The van der Waals surface area contributed by atoms with Gasteiger partial charge in [-0.3, -0.25) is 0 Å². The number of allylic oxidation sites excluding steroid dienone is 1. The molecule has 0 saturated heterocycles. The van der Waals surface area contributed by atoms with Gasteiger partial charge in [0.2, 0.25) is 0 Å². The fraction of sp³-hybridized carbons (Fsp3) is 0.583. The van der Waals surface area contributed by atoms with E-state index in [1.807, 2.05) is 13.0 Å². The highest BCUT2D eigenvalue weighted by atomic mass is 19.3. The summed E-state index contributed by atoms with van der Waals surface area (Å²) < 4.78 is 40.6. The van der Waals surface area contributed by atoms with Crippen LogP contribution in [-0.2, 0) is 18.4 Å². The first-order chi connectivity index (χ1) is 16.3. The van der Waals surface area contributed by atoms with Gasteiger partial charge in [0, 0.05) is 20.6 Å². The summed E-state index contributed by atoms with van der Waals surface area (Å²) in [5.41, 5.74) is 0.518. The second kappa shape index (κ2) is 11.9. The number of ether oxygens (including phenoxy) is 2. The van der Waals surface area contributed by atoms with Crippen molar-refractivity contribution in [1.82, 2.24) is 24.9 Å². The maximum absolute atomic E-state index is 13.9. The van der Waals surface area contributed by atoms with Gasteiger partial charge >= 0.3 is 6.09 Å². The lowest BCUT2D eigenvalue weighted by Crippen LogP contribution is -2.28. The Balaban J connectivity index is 1.78. The van der Waals surface area contributed by atoms with Crippen LogP contribution in [0.5, 0.6) is 5.75 Å². The standard InChI is InChI=1S/C24H33F2N5O3/c1-5-7-13-30(3)24(32)33-15-19-21(28-29-31(19)4)18-11-12-20(22(27-18)23(25)26)34-17-10-8-9-16(6-2)14-17/h6,11-12,16-17,23H,2,5,7-10,13-15H2,1,3-4H3/t16-,17-/m0/s1. The molecule has 0 N–H and O–H groups in total. The lowest BCUT2D eigenvalue weighted by Gasteiger charge is -2.28. The van der Waals surface area contributed by atoms with Gasteiger partial charge in [-0.15, -0.1) is 11.7 Å². The highest BCUT2D eigenvalue weighted by molar-refractivity contribution is 5.67. The molecule has 34 heavy (non-hydrogen) atoms. The summed E-state index contributed by atoms with van der Waals surface area (Å²) in [6, 6.07) is 3.09. The van der Waals surface area contributed by atoms with Crippen molar-refractivity contribution in [3.8, 4) is 17.1 Å². The molecule has 2 atom stereocenters. The minimum Gasteiger partial charge on any atom is -0.488 e. The molecule has 186 valence electrons. The van der Waals surface area contributed by atoms with Crippen LogP contribution in [-0.4, -0.2) is 50.7 Å². The van der Waals surface area contributed by atoms with Gasteiger partial charge < -0.3 is 14.4 Å².